The second-order valence-electron chi connectivity index (χ2n) is 3.19. The third-order valence-electron chi connectivity index (χ3n) is 1.85. The van der Waals surface area contributed by atoms with Crippen molar-refractivity contribution in [2.24, 2.45) is 11.5 Å². The topological polar surface area (TPSA) is 114 Å². The van der Waals surface area contributed by atoms with Crippen LogP contribution in [0.4, 0.5) is 0 Å². The van der Waals surface area contributed by atoms with E-state index < -0.39 is 6.04 Å². The highest BCUT2D eigenvalue weighted by atomic mass is 16.5. The van der Waals surface area contributed by atoms with Gasteiger partial charge in [0, 0.05) is 6.54 Å². The van der Waals surface area contributed by atoms with Crippen LogP contribution in [0.15, 0.2) is 0 Å². The number of nitrogens with two attached hydrogens (primary N) is 2. The number of hydrogen-bond acceptors (Lipinski definition) is 4. The number of rotatable bonds is 7. The predicted molar refractivity (Wildman–Crippen MR) is 58.4 cm³/mol. The number of carbonyl (C=O) groups excluding carboxylic acids is 1. The van der Waals surface area contributed by atoms with Crippen LogP contribution in [0.25, 0.3) is 0 Å². The molecule has 0 unspecified atom stereocenters. The van der Waals surface area contributed by atoms with Gasteiger partial charge in [0.2, 0.25) is 0 Å². The van der Waals surface area contributed by atoms with Gasteiger partial charge in [-0.3, -0.25) is 10.2 Å². The molecular formula is C9H20N4O2. The Balaban J connectivity index is 3.42. The zero-order chi connectivity index (χ0) is 11.7. The largest absolute Gasteiger partial charge is 0.465 e. The number of nitrogens with one attached hydrogen (secondary N) is 2. The molecule has 0 amide bonds. The Morgan fingerprint density at radius 2 is 2.20 bits per heavy atom. The summed E-state index contributed by atoms with van der Waals surface area (Å²) in [6.45, 7) is 2.74. The number of hydrogen-bond donors (Lipinski definition) is 4. The van der Waals surface area contributed by atoms with Gasteiger partial charge < -0.3 is 21.5 Å². The Kier molecular flexibility index (Phi) is 7.35. The van der Waals surface area contributed by atoms with Gasteiger partial charge in [0.05, 0.1) is 6.61 Å². The monoisotopic (exact) mass is 216 g/mol. The number of carbonyl (C=O) groups is 1. The van der Waals surface area contributed by atoms with Gasteiger partial charge in [0.15, 0.2) is 5.96 Å². The molecule has 0 aromatic carbocycles. The van der Waals surface area contributed by atoms with Crippen molar-refractivity contribution in [1.82, 2.24) is 5.32 Å². The molecule has 0 saturated carbocycles. The number of ether oxygens (including phenoxy) is 1. The molecular weight excluding hydrogens is 196 g/mol. The smallest absolute Gasteiger partial charge is 0.322 e. The van der Waals surface area contributed by atoms with Gasteiger partial charge in [-0.1, -0.05) is 0 Å². The van der Waals surface area contributed by atoms with Gasteiger partial charge in [-0.25, -0.2) is 0 Å². The van der Waals surface area contributed by atoms with Crippen LogP contribution in [0.5, 0.6) is 0 Å². The Labute approximate surface area is 89.8 Å². The quantitative estimate of drug-likeness (QED) is 0.199. The molecule has 6 N–H and O–H groups in total. The lowest BCUT2D eigenvalue weighted by molar-refractivity contribution is -0.144. The van der Waals surface area contributed by atoms with Crippen molar-refractivity contribution in [2.45, 2.75) is 32.2 Å². The normalized spacial score (nSPS) is 11.9. The van der Waals surface area contributed by atoms with E-state index >= 15 is 0 Å². The molecule has 0 aromatic heterocycles. The minimum absolute atomic E-state index is 0.0373. The van der Waals surface area contributed by atoms with Gasteiger partial charge in [-0.15, -0.1) is 0 Å². The molecule has 0 aliphatic carbocycles. The fourth-order valence-electron chi connectivity index (χ4n) is 1.08. The SMILES string of the molecule is CCOC(=O)[C@@H](N)CCCCNC(=N)N. The average Bonchev–Trinajstić information content (AvgIpc) is 2.16. The maximum absolute atomic E-state index is 11.1. The summed E-state index contributed by atoms with van der Waals surface area (Å²) in [6.07, 6.45) is 2.23. The molecule has 0 rings (SSSR count). The van der Waals surface area contributed by atoms with E-state index in [1.807, 2.05) is 0 Å². The first kappa shape index (κ1) is 13.7. The van der Waals surface area contributed by atoms with Crippen LogP contribution in [0.2, 0.25) is 0 Å². The molecule has 15 heavy (non-hydrogen) atoms. The van der Waals surface area contributed by atoms with Crippen molar-refractivity contribution < 1.29 is 9.53 Å². The van der Waals surface area contributed by atoms with E-state index in [9.17, 15) is 4.79 Å². The van der Waals surface area contributed by atoms with Crippen LogP contribution in [-0.4, -0.2) is 31.1 Å². The highest BCUT2D eigenvalue weighted by molar-refractivity contribution is 5.75. The summed E-state index contributed by atoms with van der Waals surface area (Å²) in [5, 5.41) is 9.58. The van der Waals surface area contributed by atoms with E-state index in [0.717, 1.165) is 12.8 Å². The molecule has 0 saturated heterocycles. The van der Waals surface area contributed by atoms with Gasteiger partial charge in [0.1, 0.15) is 6.04 Å². The van der Waals surface area contributed by atoms with Crippen molar-refractivity contribution in [3.05, 3.63) is 0 Å². The molecule has 0 aliphatic rings. The molecule has 0 spiro atoms. The summed E-state index contributed by atoms with van der Waals surface area (Å²) in [5.74, 6) is -0.387. The zero-order valence-electron chi connectivity index (χ0n) is 9.08. The van der Waals surface area contributed by atoms with Gasteiger partial charge in [0.25, 0.3) is 0 Å². The summed E-state index contributed by atoms with van der Waals surface area (Å²) < 4.78 is 4.77. The van der Waals surface area contributed by atoms with Crippen LogP contribution in [0.1, 0.15) is 26.2 Å². The van der Waals surface area contributed by atoms with Gasteiger partial charge in [-0.05, 0) is 26.2 Å². The number of guanidine groups is 1. The van der Waals surface area contributed by atoms with Crippen molar-refractivity contribution in [3.8, 4) is 0 Å². The van der Waals surface area contributed by atoms with Crippen molar-refractivity contribution >= 4 is 11.9 Å². The van der Waals surface area contributed by atoms with E-state index in [4.69, 9.17) is 21.6 Å². The molecule has 6 heteroatoms. The van der Waals surface area contributed by atoms with Gasteiger partial charge in [-0.2, -0.15) is 0 Å². The fourth-order valence-corrected chi connectivity index (χ4v) is 1.08. The Hall–Kier alpha value is -1.30. The van der Waals surface area contributed by atoms with Gasteiger partial charge >= 0.3 is 5.97 Å². The number of unbranched alkanes of at least 4 members (excludes halogenated alkanes) is 1. The molecule has 0 fully saturated rings. The van der Waals surface area contributed by atoms with E-state index in [2.05, 4.69) is 5.32 Å². The van der Waals surface area contributed by atoms with E-state index in [0.29, 0.717) is 19.6 Å². The lowest BCUT2D eigenvalue weighted by Crippen LogP contribution is -2.33. The lowest BCUT2D eigenvalue weighted by atomic mass is 10.1. The molecule has 0 aliphatic heterocycles. The first-order chi connectivity index (χ1) is 7.07. The summed E-state index contributed by atoms with van der Waals surface area (Å²) in [5.41, 5.74) is 10.7. The second-order valence-corrected chi connectivity index (χ2v) is 3.19. The molecule has 0 heterocycles. The lowest BCUT2D eigenvalue weighted by Gasteiger charge is -2.10. The Bertz CT molecular complexity index is 208. The summed E-state index contributed by atoms with van der Waals surface area (Å²) in [6, 6.07) is -0.540. The van der Waals surface area contributed by atoms with Crippen molar-refractivity contribution in [2.75, 3.05) is 13.2 Å². The third kappa shape index (κ3) is 7.75. The predicted octanol–water partition coefficient (Wildman–Crippen LogP) is -0.470. The van der Waals surface area contributed by atoms with Crippen LogP contribution in [0.3, 0.4) is 0 Å². The molecule has 88 valence electrons. The minimum atomic E-state index is -0.540. The summed E-state index contributed by atoms with van der Waals surface area (Å²) in [4.78, 5) is 11.1. The molecule has 0 bridgehead atoms. The highest BCUT2D eigenvalue weighted by Gasteiger charge is 2.13. The maximum Gasteiger partial charge on any atom is 0.322 e. The van der Waals surface area contributed by atoms with Crippen molar-refractivity contribution in [3.63, 3.8) is 0 Å². The van der Waals surface area contributed by atoms with E-state index in [1.165, 1.54) is 0 Å². The zero-order valence-corrected chi connectivity index (χ0v) is 9.08. The first-order valence-electron chi connectivity index (χ1n) is 5.08. The fraction of sp³-hybridized carbons (Fsp3) is 0.778. The van der Waals surface area contributed by atoms with Crippen LogP contribution >= 0.6 is 0 Å². The molecule has 0 radical (unpaired) electrons. The summed E-state index contributed by atoms with van der Waals surface area (Å²) in [7, 11) is 0. The second kappa shape index (κ2) is 8.05. The van der Waals surface area contributed by atoms with Crippen LogP contribution in [-0.2, 0) is 9.53 Å². The standard InChI is InChI=1S/C9H20N4O2/c1-2-15-8(14)7(10)5-3-4-6-13-9(11)12/h7H,2-6,10H2,1H3,(H4,11,12,13)/t7-/m0/s1. The molecule has 6 nitrogen and oxygen atoms in total. The highest BCUT2D eigenvalue weighted by Crippen LogP contribution is 2.00. The van der Waals surface area contributed by atoms with E-state index in [1.54, 1.807) is 6.92 Å². The van der Waals surface area contributed by atoms with Crippen molar-refractivity contribution in [1.29, 1.82) is 5.41 Å². The molecule has 0 aromatic rings. The maximum atomic E-state index is 11.1. The van der Waals surface area contributed by atoms with E-state index in [-0.39, 0.29) is 11.9 Å². The minimum Gasteiger partial charge on any atom is -0.465 e. The summed E-state index contributed by atoms with van der Waals surface area (Å²) >= 11 is 0. The Morgan fingerprint density at radius 3 is 2.73 bits per heavy atom. The van der Waals surface area contributed by atoms with Crippen LogP contribution < -0.4 is 16.8 Å². The Morgan fingerprint density at radius 1 is 1.53 bits per heavy atom. The van der Waals surface area contributed by atoms with Crippen LogP contribution in [0, 0.1) is 5.41 Å². The third-order valence-corrected chi connectivity index (χ3v) is 1.85. The number of esters is 1. The average molecular weight is 216 g/mol. The first-order valence-corrected chi connectivity index (χ1v) is 5.08. The molecule has 1 atom stereocenters.